The maximum Gasteiger partial charge on any atom is 0.224 e. The average Bonchev–Trinajstić information content (AvgIpc) is 3.48. The Labute approximate surface area is 153 Å². The summed E-state index contributed by atoms with van der Waals surface area (Å²) in [6.45, 7) is 1.06. The van der Waals surface area contributed by atoms with Crippen LogP contribution in [0.1, 0.15) is 17.5 Å². The number of amides is 2. The second-order valence-corrected chi connectivity index (χ2v) is 6.54. The first-order valence-electron chi connectivity index (χ1n) is 8.89. The van der Waals surface area contributed by atoms with Crippen LogP contribution in [0.5, 0.6) is 5.75 Å². The van der Waals surface area contributed by atoms with Crippen LogP contribution in [-0.4, -0.2) is 25.5 Å². The predicted molar refractivity (Wildman–Crippen MR) is 99.6 cm³/mol. The van der Waals surface area contributed by atoms with Crippen molar-refractivity contribution in [3.8, 4) is 5.75 Å². The Morgan fingerprint density at radius 2 is 1.58 bits per heavy atom. The number of rotatable bonds is 8. The summed E-state index contributed by atoms with van der Waals surface area (Å²) < 4.78 is 5.11. The number of benzene rings is 2. The number of carbonyl (C=O) groups is 2. The molecule has 2 unspecified atom stereocenters. The molecule has 1 aliphatic carbocycles. The minimum Gasteiger partial charge on any atom is -0.497 e. The van der Waals surface area contributed by atoms with Gasteiger partial charge in [-0.3, -0.25) is 9.59 Å². The third-order valence-corrected chi connectivity index (χ3v) is 4.65. The lowest BCUT2D eigenvalue weighted by molar-refractivity contribution is -0.127. The Kier molecular flexibility index (Phi) is 5.89. The van der Waals surface area contributed by atoms with Gasteiger partial charge in [-0.2, -0.15) is 0 Å². The van der Waals surface area contributed by atoms with Gasteiger partial charge in [-0.05, 0) is 36.1 Å². The van der Waals surface area contributed by atoms with E-state index in [0.717, 1.165) is 17.7 Å². The Hall–Kier alpha value is -2.82. The van der Waals surface area contributed by atoms with Crippen molar-refractivity contribution in [2.75, 3.05) is 13.7 Å². The van der Waals surface area contributed by atoms with Crippen molar-refractivity contribution in [1.82, 2.24) is 10.6 Å². The fourth-order valence-electron chi connectivity index (χ4n) is 2.94. The summed E-state index contributed by atoms with van der Waals surface area (Å²) in [6, 6.07) is 17.6. The Bertz CT molecular complexity index is 744. The van der Waals surface area contributed by atoms with E-state index in [0.29, 0.717) is 19.5 Å². The molecule has 0 spiro atoms. The molecule has 1 fully saturated rings. The molecule has 0 radical (unpaired) electrons. The molecule has 0 saturated heterocycles. The molecule has 0 bridgehead atoms. The number of hydrogen-bond donors (Lipinski definition) is 2. The quantitative estimate of drug-likeness (QED) is 0.766. The summed E-state index contributed by atoms with van der Waals surface area (Å²) in [6.07, 6.45) is 1.43. The van der Waals surface area contributed by atoms with Gasteiger partial charge in [0.15, 0.2) is 0 Å². The SMILES string of the molecule is COc1ccc(CNC(=O)C2CC2C(=O)NCCc2ccccc2)cc1. The third kappa shape index (κ3) is 4.85. The molecule has 26 heavy (non-hydrogen) atoms. The van der Waals surface area contributed by atoms with Gasteiger partial charge in [-0.15, -0.1) is 0 Å². The largest absolute Gasteiger partial charge is 0.497 e. The lowest BCUT2D eigenvalue weighted by Crippen LogP contribution is -2.31. The number of carbonyl (C=O) groups excluding carboxylic acids is 2. The van der Waals surface area contributed by atoms with Crippen LogP contribution < -0.4 is 15.4 Å². The molecule has 0 heterocycles. The van der Waals surface area contributed by atoms with Crippen LogP contribution in [0.15, 0.2) is 54.6 Å². The van der Waals surface area contributed by atoms with E-state index in [1.165, 1.54) is 5.56 Å². The second-order valence-electron chi connectivity index (χ2n) is 6.54. The number of hydrogen-bond acceptors (Lipinski definition) is 3. The molecular formula is C21H24N2O3. The highest BCUT2D eigenvalue weighted by atomic mass is 16.5. The van der Waals surface area contributed by atoms with E-state index in [9.17, 15) is 9.59 Å². The number of ether oxygens (including phenoxy) is 1. The number of nitrogens with one attached hydrogen (secondary N) is 2. The first kappa shape index (κ1) is 18.0. The van der Waals surface area contributed by atoms with Gasteiger partial charge in [0.2, 0.25) is 11.8 Å². The van der Waals surface area contributed by atoms with Crippen molar-refractivity contribution in [2.24, 2.45) is 11.8 Å². The van der Waals surface area contributed by atoms with Gasteiger partial charge in [0, 0.05) is 13.1 Å². The molecule has 2 atom stereocenters. The first-order valence-corrected chi connectivity index (χ1v) is 8.89. The van der Waals surface area contributed by atoms with Crippen LogP contribution in [0.2, 0.25) is 0 Å². The van der Waals surface area contributed by atoms with Gasteiger partial charge in [-0.1, -0.05) is 42.5 Å². The van der Waals surface area contributed by atoms with E-state index in [-0.39, 0.29) is 23.7 Å². The fraction of sp³-hybridized carbons (Fsp3) is 0.333. The van der Waals surface area contributed by atoms with Crippen LogP contribution in [0, 0.1) is 11.8 Å². The van der Waals surface area contributed by atoms with E-state index in [2.05, 4.69) is 10.6 Å². The lowest BCUT2D eigenvalue weighted by atomic mass is 10.1. The number of methoxy groups -OCH3 is 1. The summed E-state index contributed by atoms with van der Waals surface area (Å²) in [5.41, 5.74) is 2.20. The summed E-state index contributed by atoms with van der Waals surface area (Å²) in [7, 11) is 1.62. The highest BCUT2D eigenvalue weighted by molar-refractivity contribution is 5.92. The smallest absolute Gasteiger partial charge is 0.224 e. The first-order chi connectivity index (χ1) is 12.7. The molecule has 0 aromatic heterocycles. The highest BCUT2D eigenvalue weighted by Gasteiger charge is 2.47. The summed E-state index contributed by atoms with van der Waals surface area (Å²) in [5.74, 6) is 0.315. The highest BCUT2D eigenvalue weighted by Crippen LogP contribution is 2.38. The Balaban J connectivity index is 1.36. The van der Waals surface area contributed by atoms with E-state index >= 15 is 0 Å². The lowest BCUT2D eigenvalue weighted by Gasteiger charge is -2.07. The summed E-state index contributed by atoms with van der Waals surface area (Å²) in [5, 5.41) is 5.84. The van der Waals surface area contributed by atoms with E-state index in [4.69, 9.17) is 4.74 Å². The van der Waals surface area contributed by atoms with Crippen molar-refractivity contribution >= 4 is 11.8 Å². The van der Waals surface area contributed by atoms with Crippen LogP contribution in [0.3, 0.4) is 0 Å². The van der Waals surface area contributed by atoms with Crippen molar-refractivity contribution in [1.29, 1.82) is 0 Å². The van der Waals surface area contributed by atoms with Crippen molar-refractivity contribution < 1.29 is 14.3 Å². The molecule has 2 aromatic rings. The molecule has 5 nitrogen and oxygen atoms in total. The predicted octanol–water partition coefficient (Wildman–Crippen LogP) is 2.31. The van der Waals surface area contributed by atoms with Crippen molar-refractivity contribution in [3.63, 3.8) is 0 Å². The topological polar surface area (TPSA) is 67.4 Å². The molecule has 2 amide bonds. The van der Waals surface area contributed by atoms with E-state index in [1.54, 1.807) is 7.11 Å². The van der Waals surface area contributed by atoms with Gasteiger partial charge in [0.25, 0.3) is 0 Å². The summed E-state index contributed by atoms with van der Waals surface area (Å²) in [4.78, 5) is 24.3. The molecule has 3 rings (SSSR count). The van der Waals surface area contributed by atoms with Crippen molar-refractivity contribution in [2.45, 2.75) is 19.4 Å². The van der Waals surface area contributed by atoms with Gasteiger partial charge in [-0.25, -0.2) is 0 Å². The molecule has 0 aliphatic heterocycles. The summed E-state index contributed by atoms with van der Waals surface area (Å²) >= 11 is 0. The molecule has 1 aliphatic rings. The maximum atomic E-state index is 12.2. The van der Waals surface area contributed by atoms with Gasteiger partial charge in [0.05, 0.1) is 18.9 Å². The molecular weight excluding hydrogens is 328 g/mol. The van der Waals surface area contributed by atoms with E-state index < -0.39 is 0 Å². The zero-order valence-electron chi connectivity index (χ0n) is 14.9. The van der Waals surface area contributed by atoms with Crippen LogP contribution in [-0.2, 0) is 22.6 Å². The second kappa shape index (κ2) is 8.52. The van der Waals surface area contributed by atoms with Crippen LogP contribution in [0.25, 0.3) is 0 Å². The molecule has 136 valence electrons. The minimum absolute atomic E-state index is 0.0227. The van der Waals surface area contributed by atoms with Crippen molar-refractivity contribution in [3.05, 3.63) is 65.7 Å². The Morgan fingerprint density at radius 1 is 0.923 bits per heavy atom. The molecule has 5 heteroatoms. The van der Waals surface area contributed by atoms with E-state index in [1.807, 2.05) is 54.6 Å². The zero-order valence-corrected chi connectivity index (χ0v) is 14.9. The van der Waals surface area contributed by atoms with Gasteiger partial charge >= 0.3 is 0 Å². The van der Waals surface area contributed by atoms with Gasteiger partial charge in [0.1, 0.15) is 5.75 Å². The normalized spacial score (nSPS) is 18.0. The zero-order chi connectivity index (χ0) is 18.4. The maximum absolute atomic E-state index is 12.2. The molecule has 2 aromatic carbocycles. The Morgan fingerprint density at radius 3 is 2.23 bits per heavy atom. The fourth-order valence-corrected chi connectivity index (χ4v) is 2.94. The van der Waals surface area contributed by atoms with Crippen LogP contribution in [0.4, 0.5) is 0 Å². The minimum atomic E-state index is -0.204. The third-order valence-electron chi connectivity index (χ3n) is 4.65. The van der Waals surface area contributed by atoms with Gasteiger partial charge < -0.3 is 15.4 Å². The monoisotopic (exact) mass is 352 g/mol. The van der Waals surface area contributed by atoms with Crippen LogP contribution >= 0.6 is 0 Å². The molecule has 1 saturated carbocycles. The standard InChI is InChI=1S/C21H24N2O3/c1-26-17-9-7-16(8-10-17)14-23-21(25)19-13-18(19)20(24)22-12-11-15-5-3-2-4-6-15/h2-10,18-19H,11-14H2,1H3,(H,22,24)(H,23,25). The average molecular weight is 352 g/mol. The molecule has 2 N–H and O–H groups in total.